The summed E-state index contributed by atoms with van der Waals surface area (Å²) < 4.78 is 8.67. The fourth-order valence-corrected chi connectivity index (χ4v) is 0.964. The minimum atomic E-state index is -0.394. The number of rotatable bonds is 3. The van der Waals surface area contributed by atoms with Crippen molar-refractivity contribution in [3.63, 3.8) is 0 Å². The summed E-state index contributed by atoms with van der Waals surface area (Å²) in [6, 6.07) is 9.22. The van der Waals surface area contributed by atoms with Crippen LogP contribution in [0, 0.1) is 0 Å². The van der Waals surface area contributed by atoms with E-state index in [1.165, 1.54) is 14.2 Å². The summed E-state index contributed by atoms with van der Waals surface area (Å²) >= 11 is 0. The van der Waals surface area contributed by atoms with Gasteiger partial charge in [-0.3, -0.25) is 0 Å². The highest BCUT2D eigenvalue weighted by molar-refractivity contribution is 6.15. The first kappa shape index (κ1) is 15.6. The molecule has 0 aliphatic heterocycles. The highest BCUT2D eigenvalue weighted by Crippen LogP contribution is 2.12. The second kappa shape index (κ2) is 8.75. The molecule has 0 heterocycles. The Kier molecular flexibility index (Phi) is 7.61. The van der Waals surface area contributed by atoms with E-state index in [1.54, 1.807) is 0 Å². The Balaban J connectivity index is 0.000000411. The first-order valence-electron chi connectivity index (χ1n) is 5.09. The van der Waals surface area contributed by atoms with Crippen molar-refractivity contribution < 1.29 is 19.1 Å². The Hall–Kier alpha value is -2.36. The summed E-state index contributed by atoms with van der Waals surface area (Å²) in [6.45, 7) is 6.78. The summed E-state index contributed by atoms with van der Waals surface area (Å²) in [5.74, 6) is -0.781. The van der Waals surface area contributed by atoms with Crippen LogP contribution in [0.2, 0.25) is 0 Å². The number of carbonyl (C=O) groups excluding carboxylic acids is 2. The molecular formula is C14H16O4. The number of ether oxygens (including phenoxy) is 2. The van der Waals surface area contributed by atoms with Gasteiger partial charge in [-0.15, -0.1) is 0 Å². The number of benzene rings is 1. The number of carbonyl (C=O) groups is 2. The fraction of sp³-hybridized carbons (Fsp3) is 0.143. The Morgan fingerprint density at radius 3 is 2.00 bits per heavy atom. The zero-order valence-electron chi connectivity index (χ0n) is 10.5. The minimum Gasteiger partial charge on any atom is -0.466 e. The molecule has 4 nitrogen and oxygen atoms in total. The lowest BCUT2D eigenvalue weighted by Gasteiger charge is -2.01. The molecule has 0 bridgehead atoms. The predicted octanol–water partition coefficient (Wildman–Crippen LogP) is 2.22. The molecule has 4 heteroatoms. The molecule has 0 atom stereocenters. The summed E-state index contributed by atoms with van der Waals surface area (Å²) in [5, 5.41) is 0. The van der Waals surface area contributed by atoms with Crippen molar-refractivity contribution in [2.24, 2.45) is 0 Å². The van der Waals surface area contributed by atoms with Crippen LogP contribution in [0.15, 0.2) is 49.6 Å². The van der Waals surface area contributed by atoms with Crippen LogP contribution in [0.3, 0.4) is 0 Å². The van der Waals surface area contributed by atoms with Gasteiger partial charge in [-0.2, -0.15) is 0 Å². The molecule has 0 saturated carbocycles. The van der Waals surface area contributed by atoms with Gasteiger partial charge >= 0.3 is 11.9 Å². The van der Waals surface area contributed by atoms with Gasteiger partial charge in [0.05, 0.1) is 19.8 Å². The first-order valence-corrected chi connectivity index (χ1v) is 5.09. The molecule has 0 spiro atoms. The number of methoxy groups -OCH3 is 2. The maximum absolute atomic E-state index is 11.0. The molecule has 18 heavy (non-hydrogen) atoms. The lowest BCUT2D eigenvalue weighted by molar-refractivity contribution is -0.135. The van der Waals surface area contributed by atoms with E-state index in [-0.39, 0.29) is 5.97 Å². The summed E-state index contributed by atoms with van der Waals surface area (Å²) in [5.41, 5.74) is 1.18. The van der Waals surface area contributed by atoms with E-state index in [1.807, 2.05) is 30.3 Å². The molecule has 0 aliphatic rings. The number of hydrogen-bond acceptors (Lipinski definition) is 4. The molecule has 0 aromatic heterocycles. The summed E-state index contributed by atoms with van der Waals surface area (Å²) in [6.07, 6.45) is 1.11. The van der Waals surface area contributed by atoms with E-state index in [0.29, 0.717) is 5.57 Å². The largest absolute Gasteiger partial charge is 0.466 e. The van der Waals surface area contributed by atoms with E-state index in [9.17, 15) is 9.59 Å². The van der Waals surface area contributed by atoms with Crippen LogP contribution in [0.5, 0.6) is 0 Å². The van der Waals surface area contributed by atoms with Crippen molar-refractivity contribution in [3.05, 3.63) is 55.1 Å². The third-order valence-electron chi connectivity index (χ3n) is 1.92. The maximum atomic E-state index is 11.0. The quantitative estimate of drug-likeness (QED) is 0.608. The minimum absolute atomic E-state index is 0.387. The van der Waals surface area contributed by atoms with Crippen LogP contribution in [-0.4, -0.2) is 26.2 Å². The highest BCUT2D eigenvalue weighted by Gasteiger charge is 2.07. The molecule has 0 radical (unpaired) electrons. The molecule has 1 aromatic carbocycles. The van der Waals surface area contributed by atoms with E-state index in [4.69, 9.17) is 0 Å². The molecule has 1 aromatic rings. The van der Waals surface area contributed by atoms with Crippen molar-refractivity contribution in [2.75, 3.05) is 14.2 Å². The van der Waals surface area contributed by atoms with Crippen LogP contribution in [0.25, 0.3) is 5.57 Å². The van der Waals surface area contributed by atoms with E-state index < -0.39 is 5.97 Å². The number of esters is 2. The summed E-state index contributed by atoms with van der Waals surface area (Å²) in [4.78, 5) is 20.8. The normalized spacial score (nSPS) is 8.33. The monoisotopic (exact) mass is 248 g/mol. The smallest absolute Gasteiger partial charge is 0.337 e. The predicted molar refractivity (Wildman–Crippen MR) is 69.7 cm³/mol. The molecule has 96 valence electrons. The van der Waals surface area contributed by atoms with E-state index in [0.717, 1.165) is 11.6 Å². The average Bonchev–Trinajstić information content (AvgIpc) is 2.46. The van der Waals surface area contributed by atoms with Crippen molar-refractivity contribution in [1.29, 1.82) is 0 Å². The third-order valence-corrected chi connectivity index (χ3v) is 1.92. The van der Waals surface area contributed by atoms with Crippen molar-refractivity contribution in [1.82, 2.24) is 0 Å². The van der Waals surface area contributed by atoms with Gasteiger partial charge in [0.2, 0.25) is 0 Å². The zero-order valence-corrected chi connectivity index (χ0v) is 10.5. The topological polar surface area (TPSA) is 52.6 Å². The Bertz CT molecular complexity index is 421. The molecule has 0 saturated heterocycles. The average molecular weight is 248 g/mol. The van der Waals surface area contributed by atoms with Gasteiger partial charge in [0.25, 0.3) is 0 Å². The van der Waals surface area contributed by atoms with Gasteiger partial charge in [-0.05, 0) is 5.56 Å². The SMILES string of the molecule is C=C(C(=O)OC)c1ccccc1.C=CC(=O)OC. The van der Waals surface area contributed by atoms with Crippen LogP contribution < -0.4 is 0 Å². The zero-order chi connectivity index (χ0) is 14.0. The van der Waals surface area contributed by atoms with Gasteiger partial charge in [0, 0.05) is 6.08 Å². The van der Waals surface area contributed by atoms with Crippen LogP contribution in [-0.2, 0) is 19.1 Å². The molecule has 0 amide bonds. The molecule has 0 unspecified atom stereocenters. The molecular weight excluding hydrogens is 232 g/mol. The second-order valence-corrected chi connectivity index (χ2v) is 3.06. The van der Waals surface area contributed by atoms with Crippen LogP contribution >= 0.6 is 0 Å². The summed E-state index contributed by atoms with van der Waals surface area (Å²) in [7, 11) is 2.65. The van der Waals surface area contributed by atoms with Crippen LogP contribution in [0.1, 0.15) is 5.56 Å². The molecule has 1 rings (SSSR count). The Morgan fingerprint density at radius 2 is 1.67 bits per heavy atom. The van der Waals surface area contributed by atoms with Crippen molar-refractivity contribution in [2.45, 2.75) is 0 Å². The molecule has 0 fully saturated rings. The number of hydrogen-bond donors (Lipinski definition) is 0. The standard InChI is InChI=1S/C10H10O2.C4H6O2/c1-8(10(11)12-2)9-6-4-3-5-7-9;1-3-4(5)6-2/h3-7H,1H2,2H3;3H,1H2,2H3. The van der Waals surface area contributed by atoms with Crippen LogP contribution in [0.4, 0.5) is 0 Å². The van der Waals surface area contributed by atoms with Gasteiger partial charge in [0.1, 0.15) is 0 Å². The fourth-order valence-electron chi connectivity index (χ4n) is 0.964. The highest BCUT2D eigenvalue weighted by atomic mass is 16.5. The van der Waals surface area contributed by atoms with Crippen molar-refractivity contribution in [3.8, 4) is 0 Å². The molecule has 0 N–H and O–H groups in total. The maximum Gasteiger partial charge on any atom is 0.337 e. The lowest BCUT2D eigenvalue weighted by atomic mass is 10.1. The van der Waals surface area contributed by atoms with Gasteiger partial charge < -0.3 is 9.47 Å². The Morgan fingerprint density at radius 1 is 1.11 bits per heavy atom. The van der Waals surface area contributed by atoms with Crippen molar-refractivity contribution >= 4 is 17.5 Å². The second-order valence-electron chi connectivity index (χ2n) is 3.06. The lowest BCUT2D eigenvalue weighted by Crippen LogP contribution is -2.01. The van der Waals surface area contributed by atoms with Gasteiger partial charge in [-0.25, -0.2) is 9.59 Å². The van der Waals surface area contributed by atoms with Gasteiger partial charge in [0.15, 0.2) is 0 Å². The Labute approximate surface area is 107 Å². The van der Waals surface area contributed by atoms with E-state index in [2.05, 4.69) is 22.6 Å². The first-order chi connectivity index (χ1) is 8.56. The third kappa shape index (κ3) is 5.65. The molecule has 0 aliphatic carbocycles. The van der Waals surface area contributed by atoms with E-state index >= 15 is 0 Å². The van der Waals surface area contributed by atoms with Gasteiger partial charge in [-0.1, -0.05) is 43.5 Å².